The first-order valence-electron chi connectivity index (χ1n) is 8.06. The number of carbonyl (C=O) groups is 2. The third-order valence-corrected chi connectivity index (χ3v) is 4.51. The van der Waals surface area contributed by atoms with Gasteiger partial charge in [0.25, 0.3) is 5.91 Å². The van der Waals surface area contributed by atoms with Crippen molar-refractivity contribution in [2.75, 3.05) is 25.0 Å². The first-order chi connectivity index (χ1) is 11.4. The second kappa shape index (κ2) is 8.70. The second-order valence-corrected chi connectivity index (χ2v) is 6.73. The van der Waals surface area contributed by atoms with E-state index in [9.17, 15) is 9.59 Å². The quantitative estimate of drug-likeness (QED) is 0.758. The fraction of sp³-hybridized carbons (Fsp3) is 0.529. The van der Waals surface area contributed by atoms with Crippen molar-refractivity contribution in [3.63, 3.8) is 0 Å². The van der Waals surface area contributed by atoms with Crippen LogP contribution in [-0.2, 0) is 14.3 Å². The highest BCUT2D eigenvalue weighted by atomic mass is 35.5. The average Bonchev–Trinajstić information content (AvgIpc) is 3.37. The van der Waals surface area contributed by atoms with E-state index in [2.05, 4.69) is 5.32 Å². The number of anilines is 1. The molecule has 7 heteroatoms. The van der Waals surface area contributed by atoms with E-state index >= 15 is 0 Å². The first-order valence-corrected chi connectivity index (χ1v) is 8.82. The highest BCUT2D eigenvalue weighted by molar-refractivity contribution is 6.39. The van der Waals surface area contributed by atoms with Gasteiger partial charge in [0.2, 0.25) is 5.91 Å². The van der Waals surface area contributed by atoms with Crippen LogP contribution in [-0.4, -0.2) is 42.5 Å². The summed E-state index contributed by atoms with van der Waals surface area (Å²) in [5.74, 6) is 0.0362. The lowest BCUT2D eigenvalue weighted by Crippen LogP contribution is -2.43. The number of rotatable bonds is 8. The molecule has 2 amide bonds. The Morgan fingerprint density at radius 1 is 1.33 bits per heavy atom. The van der Waals surface area contributed by atoms with E-state index in [-0.39, 0.29) is 18.4 Å². The Bertz CT molecular complexity index is 585. The van der Waals surface area contributed by atoms with E-state index < -0.39 is 6.10 Å². The normalized spacial score (nSPS) is 15.0. The zero-order chi connectivity index (χ0) is 17.7. The SMILES string of the molecule is CCN(CC(=O)Nc1c(Cl)cccc1Cl)C(=O)C(C)OCC1CC1. The molecule has 1 unspecified atom stereocenters. The molecular formula is C17H22Cl2N2O3. The first kappa shape index (κ1) is 19.0. The molecule has 0 aliphatic heterocycles. The molecule has 24 heavy (non-hydrogen) atoms. The summed E-state index contributed by atoms with van der Waals surface area (Å²) in [7, 11) is 0. The summed E-state index contributed by atoms with van der Waals surface area (Å²) >= 11 is 12.1. The number of hydrogen-bond acceptors (Lipinski definition) is 3. The van der Waals surface area contributed by atoms with Crippen LogP contribution in [0, 0.1) is 5.92 Å². The number of para-hydroxylation sites is 1. The third-order valence-electron chi connectivity index (χ3n) is 3.88. The molecule has 1 aliphatic rings. The maximum atomic E-state index is 12.4. The Balaban J connectivity index is 1.90. The standard InChI is InChI=1S/C17H22Cl2N2O3/c1-3-21(17(23)11(2)24-10-12-7-8-12)9-15(22)20-16-13(18)5-4-6-14(16)19/h4-6,11-12H,3,7-10H2,1-2H3,(H,20,22). The van der Waals surface area contributed by atoms with Crippen LogP contribution in [0.4, 0.5) is 5.69 Å². The molecule has 1 aromatic rings. The van der Waals surface area contributed by atoms with E-state index in [4.69, 9.17) is 27.9 Å². The van der Waals surface area contributed by atoms with Crippen LogP contribution in [0.5, 0.6) is 0 Å². The summed E-state index contributed by atoms with van der Waals surface area (Å²) in [6, 6.07) is 4.97. The summed E-state index contributed by atoms with van der Waals surface area (Å²) < 4.78 is 5.58. The predicted molar refractivity (Wildman–Crippen MR) is 95.5 cm³/mol. The van der Waals surface area contributed by atoms with Gasteiger partial charge in [-0.05, 0) is 44.7 Å². The molecule has 1 N–H and O–H groups in total. The van der Waals surface area contributed by atoms with Gasteiger partial charge in [0, 0.05) is 6.54 Å². The number of nitrogens with one attached hydrogen (secondary N) is 1. The Kier molecular flexibility index (Phi) is 6.90. The predicted octanol–water partition coefficient (Wildman–Crippen LogP) is 3.60. The largest absolute Gasteiger partial charge is 0.368 e. The third kappa shape index (κ3) is 5.36. The fourth-order valence-corrected chi connectivity index (χ4v) is 2.70. The number of carbonyl (C=O) groups excluding carboxylic acids is 2. The lowest BCUT2D eigenvalue weighted by atomic mass is 10.3. The van der Waals surface area contributed by atoms with Crippen molar-refractivity contribution in [3.05, 3.63) is 28.2 Å². The summed E-state index contributed by atoms with van der Waals surface area (Å²) in [6.45, 7) is 4.48. The van der Waals surface area contributed by atoms with Gasteiger partial charge in [0.15, 0.2) is 0 Å². The molecule has 132 valence electrons. The van der Waals surface area contributed by atoms with E-state index in [1.54, 1.807) is 25.1 Å². The van der Waals surface area contributed by atoms with Gasteiger partial charge in [-0.15, -0.1) is 0 Å². The van der Waals surface area contributed by atoms with Crippen molar-refractivity contribution in [2.45, 2.75) is 32.8 Å². The zero-order valence-corrected chi connectivity index (χ0v) is 15.4. The topological polar surface area (TPSA) is 58.6 Å². The van der Waals surface area contributed by atoms with Gasteiger partial charge in [0.1, 0.15) is 6.10 Å². The Morgan fingerprint density at radius 2 is 1.96 bits per heavy atom. The molecule has 0 heterocycles. The van der Waals surface area contributed by atoms with Crippen molar-refractivity contribution in [1.29, 1.82) is 0 Å². The van der Waals surface area contributed by atoms with Gasteiger partial charge < -0.3 is 15.0 Å². The van der Waals surface area contributed by atoms with E-state index in [0.717, 1.165) is 0 Å². The van der Waals surface area contributed by atoms with Crippen molar-refractivity contribution in [2.24, 2.45) is 5.92 Å². The molecule has 1 aliphatic carbocycles. The zero-order valence-electron chi connectivity index (χ0n) is 13.9. The van der Waals surface area contributed by atoms with Crippen molar-refractivity contribution >= 4 is 40.7 Å². The molecule has 1 saturated carbocycles. The van der Waals surface area contributed by atoms with Gasteiger partial charge in [-0.3, -0.25) is 9.59 Å². The molecule has 1 atom stereocenters. The van der Waals surface area contributed by atoms with Crippen LogP contribution < -0.4 is 5.32 Å². The second-order valence-electron chi connectivity index (χ2n) is 5.92. The van der Waals surface area contributed by atoms with Gasteiger partial charge in [-0.25, -0.2) is 0 Å². The van der Waals surface area contributed by atoms with E-state index in [1.807, 2.05) is 6.92 Å². The molecule has 0 spiro atoms. The van der Waals surface area contributed by atoms with Gasteiger partial charge >= 0.3 is 0 Å². The Hall–Kier alpha value is -1.30. The minimum absolute atomic E-state index is 0.0754. The molecule has 1 aromatic carbocycles. The van der Waals surface area contributed by atoms with Crippen LogP contribution in [0.2, 0.25) is 10.0 Å². The summed E-state index contributed by atoms with van der Waals surface area (Å²) in [5, 5.41) is 3.37. The molecule has 2 rings (SSSR count). The molecule has 0 bridgehead atoms. The minimum atomic E-state index is -0.553. The molecule has 0 radical (unpaired) electrons. The summed E-state index contributed by atoms with van der Waals surface area (Å²) in [6.07, 6.45) is 1.78. The fourth-order valence-electron chi connectivity index (χ4n) is 2.21. The number of nitrogens with zero attached hydrogens (tertiary/aromatic N) is 1. The number of ether oxygens (including phenoxy) is 1. The Labute approximate surface area is 152 Å². The Morgan fingerprint density at radius 3 is 2.50 bits per heavy atom. The molecule has 0 aromatic heterocycles. The van der Waals surface area contributed by atoms with E-state index in [0.29, 0.717) is 34.8 Å². The lowest BCUT2D eigenvalue weighted by molar-refractivity contribution is -0.144. The van der Waals surface area contributed by atoms with Crippen molar-refractivity contribution < 1.29 is 14.3 Å². The van der Waals surface area contributed by atoms with Crippen LogP contribution in [0.3, 0.4) is 0 Å². The van der Waals surface area contributed by atoms with Gasteiger partial charge in [-0.2, -0.15) is 0 Å². The number of amides is 2. The highest BCUT2D eigenvalue weighted by Gasteiger charge is 2.26. The van der Waals surface area contributed by atoms with Crippen molar-refractivity contribution in [3.8, 4) is 0 Å². The minimum Gasteiger partial charge on any atom is -0.368 e. The van der Waals surface area contributed by atoms with Crippen LogP contribution in [0.15, 0.2) is 18.2 Å². The van der Waals surface area contributed by atoms with Crippen LogP contribution >= 0.6 is 23.2 Å². The number of likely N-dealkylation sites (N-methyl/N-ethyl adjacent to an activating group) is 1. The summed E-state index contributed by atoms with van der Waals surface area (Å²) in [5.41, 5.74) is 0.354. The van der Waals surface area contributed by atoms with Crippen molar-refractivity contribution in [1.82, 2.24) is 4.90 Å². The molecule has 1 fully saturated rings. The van der Waals surface area contributed by atoms with Gasteiger partial charge in [-0.1, -0.05) is 29.3 Å². The number of hydrogen-bond donors (Lipinski definition) is 1. The highest BCUT2D eigenvalue weighted by Crippen LogP contribution is 2.30. The molecule has 5 nitrogen and oxygen atoms in total. The average molecular weight is 373 g/mol. The number of benzene rings is 1. The van der Waals surface area contributed by atoms with Gasteiger partial charge in [0.05, 0.1) is 28.9 Å². The van der Waals surface area contributed by atoms with E-state index in [1.165, 1.54) is 17.7 Å². The maximum Gasteiger partial charge on any atom is 0.251 e. The molecular weight excluding hydrogens is 351 g/mol. The van der Waals surface area contributed by atoms with Crippen LogP contribution in [0.1, 0.15) is 26.7 Å². The summed E-state index contributed by atoms with van der Waals surface area (Å²) in [4.78, 5) is 26.1. The number of halogens is 2. The lowest BCUT2D eigenvalue weighted by Gasteiger charge is -2.24. The van der Waals surface area contributed by atoms with Crippen LogP contribution in [0.25, 0.3) is 0 Å². The smallest absolute Gasteiger partial charge is 0.251 e. The maximum absolute atomic E-state index is 12.4. The molecule has 0 saturated heterocycles. The monoisotopic (exact) mass is 372 g/mol.